The highest BCUT2D eigenvalue weighted by Crippen LogP contribution is 2.30. The molecule has 2 rings (SSSR count). The van der Waals surface area contributed by atoms with Gasteiger partial charge in [-0.15, -0.1) is 0 Å². The molecule has 0 aromatic rings. The van der Waals surface area contributed by atoms with Crippen LogP contribution in [0.25, 0.3) is 0 Å². The van der Waals surface area contributed by atoms with Gasteiger partial charge in [0.1, 0.15) is 48.8 Å². The van der Waals surface area contributed by atoms with Crippen LogP contribution in [0.15, 0.2) is 134 Å². The summed E-state index contributed by atoms with van der Waals surface area (Å²) in [6, 6.07) is -0.847. The van der Waals surface area contributed by atoms with Gasteiger partial charge in [0.05, 0.1) is 32.0 Å². The van der Waals surface area contributed by atoms with Crippen LogP contribution >= 0.6 is 0 Å². The molecular formula is C68H111NO13. The molecule has 2 fully saturated rings. The van der Waals surface area contributed by atoms with E-state index in [9.17, 15) is 45.6 Å². The highest BCUT2D eigenvalue weighted by atomic mass is 16.7. The fourth-order valence-corrected chi connectivity index (χ4v) is 9.36. The predicted octanol–water partition coefficient (Wildman–Crippen LogP) is 11.6. The average Bonchev–Trinajstić information content (AvgIpc) is 3.38. The molecule has 9 N–H and O–H groups in total. The van der Waals surface area contributed by atoms with E-state index in [2.05, 4.69) is 153 Å². The topological polar surface area (TPSA) is 228 Å². The molecule has 82 heavy (non-hydrogen) atoms. The number of hydrogen-bond acceptors (Lipinski definition) is 13. The zero-order valence-corrected chi connectivity index (χ0v) is 50.2. The lowest BCUT2D eigenvalue weighted by molar-refractivity contribution is -0.359. The third-order valence-electron chi connectivity index (χ3n) is 14.4. The van der Waals surface area contributed by atoms with E-state index in [4.69, 9.17) is 18.9 Å². The number of nitrogens with one attached hydrogen (secondary N) is 1. The van der Waals surface area contributed by atoms with E-state index in [1.807, 2.05) is 0 Å². The van der Waals surface area contributed by atoms with Gasteiger partial charge in [-0.2, -0.15) is 0 Å². The number of carbonyl (C=O) groups excluding carboxylic acids is 1. The summed E-state index contributed by atoms with van der Waals surface area (Å²) in [4.78, 5) is 13.2. The van der Waals surface area contributed by atoms with Crippen LogP contribution in [0.1, 0.15) is 194 Å². The highest BCUT2D eigenvalue weighted by molar-refractivity contribution is 5.76. The monoisotopic (exact) mass is 1150 g/mol. The van der Waals surface area contributed by atoms with E-state index >= 15 is 0 Å². The summed E-state index contributed by atoms with van der Waals surface area (Å²) < 4.78 is 22.7. The van der Waals surface area contributed by atoms with Crippen molar-refractivity contribution in [2.75, 3.05) is 19.8 Å². The molecule has 2 aliphatic rings. The Bertz CT molecular complexity index is 1880. The van der Waals surface area contributed by atoms with Crippen LogP contribution in [0.4, 0.5) is 0 Å². The summed E-state index contributed by atoms with van der Waals surface area (Å²) in [5, 5.41) is 87.0. The zero-order chi connectivity index (χ0) is 59.5. The van der Waals surface area contributed by atoms with Crippen molar-refractivity contribution in [3.63, 3.8) is 0 Å². The average molecular weight is 1150 g/mol. The number of hydrogen-bond donors (Lipinski definition) is 9. The standard InChI is InChI=1S/C68H111NO13/c1-3-5-7-9-11-13-14-15-16-17-18-19-20-21-22-23-24-25-26-27-28-29-30-31-32-33-34-35-36-37-38-39-40-41-42-44-46-48-50-52-60(73)69-56(57(72)51-49-47-45-43-12-10-8-6-4-2)55-79-67-65(78)63(76)66(59(54-71)81-67)82-68-64(77)62(75)61(74)58(53-70)80-68/h5,7,11,13,15-16,18-19,21-22,24-25,27-28,30-31,33-34,36-37,39-40,56-59,61-68,70-72,74-78H,3-4,6,8-10,12,14,17,20,23,26,29,32,35,38,41-55H2,1-2H3,(H,69,73)/b7-5-,13-11-,16-15-,19-18-,22-21-,25-24-,28-27-,31-30-,34-33-,37-36-,40-39-. The van der Waals surface area contributed by atoms with Crippen LogP contribution in [0, 0.1) is 0 Å². The quantitative estimate of drug-likeness (QED) is 0.0204. The van der Waals surface area contributed by atoms with Gasteiger partial charge in [0.25, 0.3) is 0 Å². The Morgan fingerprint density at radius 3 is 1.29 bits per heavy atom. The summed E-state index contributed by atoms with van der Waals surface area (Å²) in [6.07, 6.45) is 59.1. The maximum absolute atomic E-state index is 13.2. The Labute approximate surface area is 494 Å². The summed E-state index contributed by atoms with van der Waals surface area (Å²) >= 11 is 0. The van der Waals surface area contributed by atoms with Crippen molar-refractivity contribution in [3.05, 3.63) is 134 Å². The Morgan fingerprint density at radius 1 is 0.451 bits per heavy atom. The minimum Gasteiger partial charge on any atom is -0.394 e. The van der Waals surface area contributed by atoms with E-state index in [-0.39, 0.29) is 18.9 Å². The Morgan fingerprint density at radius 2 is 0.841 bits per heavy atom. The molecule has 12 unspecified atom stereocenters. The molecule has 0 radical (unpaired) electrons. The van der Waals surface area contributed by atoms with Gasteiger partial charge >= 0.3 is 0 Å². The summed E-state index contributed by atoms with van der Waals surface area (Å²) in [5.74, 6) is -0.234. The first-order valence-corrected chi connectivity index (χ1v) is 31.4. The second kappa shape index (κ2) is 51.5. The molecule has 0 spiro atoms. The maximum atomic E-state index is 13.2. The van der Waals surface area contributed by atoms with Gasteiger partial charge in [0, 0.05) is 6.42 Å². The van der Waals surface area contributed by atoms with Gasteiger partial charge in [-0.25, -0.2) is 0 Å². The van der Waals surface area contributed by atoms with E-state index in [0.717, 1.165) is 128 Å². The van der Waals surface area contributed by atoms with Gasteiger partial charge in [-0.3, -0.25) is 4.79 Å². The molecule has 1 amide bonds. The molecule has 0 aromatic carbocycles. The lowest BCUT2D eigenvalue weighted by Crippen LogP contribution is -2.65. The SMILES string of the molecule is CC/C=C\C/C=C\C/C=C\C/C=C\C/C=C\C/C=C\C/C=C\C/C=C\C/C=C\C/C=C\C/C=C\CCCCCCCC(=O)NC(COC1OC(CO)C(OC2OC(CO)C(O)C(O)C2O)C(O)C1O)C(O)CCCCCCCCCCC. The first-order chi connectivity index (χ1) is 40.1. The predicted molar refractivity (Wildman–Crippen MR) is 331 cm³/mol. The fraction of sp³-hybridized carbons (Fsp3) is 0.662. The Balaban J connectivity index is 1.62. The van der Waals surface area contributed by atoms with Gasteiger partial charge in [-0.1, -0.05) is 225 Å². The molecule has 2 saturated heterocycles. The maximum Gasteiger partial charge on any atom is 0.220 e. The minimum absolute atomic E-state index is 0.234. The van der Waals surface area contributed by atoms with Crippen LogP contribution in [0.3, 0.4) is 0 Å². The van der Waals surface area contributed by atoms with E-state index < -0.39 is 86.8 Å². The van der Waals surface area contributed by atoms with Gasteiger partial charge in [-0.05, 0) is 96.3 Å². The van der Waals surface area contributed by atoms with E-state index in [0.29, 0.717) is 12.8 Å². The summed E-state index contributed by atoms with van der Waals surface area (Å²) in [7, 11) is 0. The largest absolute Gasteiger partial charge is 0.394 e. The number of aliphatic hydroxyl groups is 8. The van der Waals surface area contributed by atoms with Crippen molar-refractivity contribution < 1.29 is 64.6 Å². The normalized spacial score (nSPS) is 24.9. The molecule has 0 aliphatic carbocycles. The van der Waals surface area contributed by atoms with Crippen LogP contribution in [-0.4, -0.2) is 140 Å². The summed E-state index contributed by atoms with van der Waals surface area (Å²) in [6.45, 7) is 2.67. The Hall–Kier alpha value is -3.87. The molecule has 2 heterocycles. The molecular weight excluding hydrogens is 1040 g/mol. The number of carbonyl (C=O) groups is 1. The second-order valence-corrected chi connectivity index (χ2v) is 21.5. The third-order valence-corrected chi connectivity index (χ3v) is 14.4. The number of rotatable bonds is 48. The first-order valence-electron chi connectivity index (χ1n) is 31.4. The van der Waals surface area contributed by atoms with Crippen LogP contribution in [0.2, 0.25) is 0 Å². The van der Waals surface area contributed by atoms with Gasteiger partial charge < -0.3 is 65.1 Å². The van der Waals surface area contributed by atoms with Crippen LogP contribution in [-0.2, 0) is 23.7 Å². The minimum atomic E-state index is -1.79. The second-order valence-electron chi connectivity index (χ2n) is 21.5. The Kier molecular flexibility index (Phi) is 46.7. The molecule has 466 valence electrons. The lowest BCUT2D eigenvalue weighted by atomic mass is 9.97. The first kappa shape index (κ1) is 74.2. The molecule has 12 atom stereocenters. The number of amides is 1. The van der Waals surface area contributed by atoms with Crippen molar-refractivity contribution in [2.45, 2.75) is 267 Å². The van der Waals surface area contributed by atoms with Gasteiger partial charge in [0.15, 0.2) is 12.6 Å². The molecule has 0 bridgehead atoms. The van der Waals surface area contributed by atoms with Crippen LogP contribution < -0.4 is 5.32 Å². The smallest absolute Gasteiger partial charge is 0.220 e. The van der Waals surface area contributed by atoms with E-state index in [1.165, 1.54) is 32.1 Å². The van der Waals surface area contributed by atoms with Gasteiger partial charge in [0.2, 0.25) is 5.91 Å². The van der Waals surface area contributed by atoms with Crippen LogP contribution in [0.5, 0.6) is 0 Å². The number of ether oxygens (including phenoxy) is 4. The molecule has 0 saturated carbocycles. The number of allylic oxidation sites excluding steroid dienone is 22. The lowest BCUT2D eigenvalue weighted by Gasteiger charge is -2.46. The van der Waals surface area contributed by atoms with Crippen molar-refractivity contribution in [1.29, 1.82) is 0 Å². The number of aliphatic hydroxyl groups excluding tert-OH is 8. The molecule has 0 aromatic heterocycles. The number of unbranched alkanes of at least 4 members (excludes halogenated alkanes) is 13. The fourth-order valence-electron chi connectivity index (χ4n) is 9.36. The molecule has 2 aliphatic heterocycles. The van der Waals surface area contributed by atoms with Crippen molar-refractivity contribution in [3.8, 4) is 0 Å². The highest BCUT2D eigenvalue weighted by Gasteiger charge is 2.51. The van der Waals surface area contributed by atoms with E-state index in [1.54, 1.807) is 0 Å². The van der Waals surface area contributed by atoms with Crippen molar-refractivity contribution in [2.24, 2.45) is 0 Å². The summed E-state index contributed by atoms with van der Waals surface area (Å²) in [5.41, 5.74) is 0. The zero-order valence-electron chi connectivity index (χ0n) is 50.2. The third kappa shape index (κ3) is 36.1. The molecule has 14 nitrogen and oxygen atoms in total. The molecule has 14 heteroatoms. The van der Waals surface area contributed by atoms with Crippen molar-refractivity contribution in [1.82, 2.24) is 5.32 Å². The van der Waals surface area contributed by atoms with Crippen molar-refractivity contribution >= 4 is 5.91 Å².